The largest absolute Gasteiger partial charge is 0.465 e. The van der Waals surface area contributed by atoms with E-state index in [1.54, 1.807) is 12.1 Å². The minimum Gasteiger partial charge on any atom is -0.465 e. The number of benzene rings is 1. The van der Waals surface area contributed by atoms with Gasteiger partial charge in [0, 0.05) is 11.0 Å². The lowest BCUT2D eigenvalue weighted by Crippen LogP contribution is -2.43. The van der Waals surface area contributed by atoms with E-state index in [0.717, 1.165) is 12.8 Å². The molecule has 1 fully saturated rings. The van der Waals surface area contributed by atoms with E-state index in [4.69, 9.17) is 5.73 Å². The first-order valence-electron chi connectivity index (χ1n) is 5.88. The molecule has 0 unspecified atom stereocenters. The number of ether oxygens (including phenoxy) is 1. The van der Waals surface area contributed by atoms with Gasteiger partial charge in [0.25, 0.3) is 0 Å². The van der Waals surface area contributed by atoms with Crippen LogP contribution in [0.5, 0.6) is 0 Å². The minimum atomic E-state index is -0.303. The number of carbonyl (C=O) groups is 1. The second-order valence-corrected chi connectivity index (χ2v) is 5.35. The van der Waals surface area contributed by atoms with Crippen molar-refractivity contribution in [3.05, 3.63) is 35.4 Å². The number of hydrogen-bond donors (Lipinski definition) is 1. The molecule has 1 aromatic rings. The summed E-state index contributed by atoms with van der Waals surface area (Å²) in [7, 11) is 1.39. The predicted octanol–water partition coefficient (Wildman–Crippen LogP) is 2.24. The summed E-state index contributed by atoms with van der Waals surface area (Å²) >= 11 is 0. The predicted molar refractivity (Wildman–Crippen MR) is 67.0 cm³/mol. The van der Waals surface area contributed by atoms with E-state index < -0.39 is 0 Å². The lowest BCUT2D eigenvalue weighted by Gasteiger charge is -2.32. The van der Waals surface area contributed by atoms with E-state index in [0.29, 0.717) is 5.56 Å². The van der Waals surface area contributed by atoms with Gasteiger partial charge in [-0.2, -0.15) is 0 Å². The Kier molecular flexibility index (Phi) is 2.74. The van der Waals surface area contributed by atoms with Crippen molar-refractivity contribution in [2.45, 2.75) is 37.6 Å². The van der Waals surface area contributed by atoms with Gasteiger partial charge in [-0.25, -0.2) is 4.79 Å². The van der Waals surface area contributed by atoms with Crippen LogP contribution in [0.2, 0.25) is 0 Å². The molecule has 1 aliphatic rings. The molecule has 0 spiro atoms. The first-order valence-corrected chi connectivity index (χ1v) is 5.88. The van der Waals surface area contributed by atoms with Gasteiger partial charge in [0.05, 0.1) is 12.7 Å². The summed E-state index contributed by atoms with van der Waals surface area (Å²) in [6, 6.07) is 7.54. The van der Waals surface area contributed by atoms with Crippen LogP contribution in [0.15, 0.2) is 24.3 Å². The standard InChI is InChI=1S/C14H19NO2/c1-13(2,14(15)8-9-14)11-6-4-10(5-7-11)12(16)17-3/h4-7H,8-9,15H2,1-3H3. The van der Waals surface area contributed by atoms with E-state index >= 15 is 0 Å². The number of methoxy groups -OCH3 is 1. The Morgan fingerprint density at radius 3 is 2.24 bits per heavy atom. The third-order valence-corrected chi connectivity index (χ3v) is 4.06. The SMILES string of the molecule is COC(=O)c1ccc(C(C)(C)C2(N)CC2)cc1. The number of esters is 1. The highest BCUT2D eigenvalue weighted by atomic mass is 16.5. The third-order valence-electron chi connectivity index (χ3n) is 4.06. The van der Waals surface area contributed by atoms with Gasteiger partial charge in [-0.1, -0.05) is 26.0 Å². The molecule has 17 heavy (non-hydrogen) atoms. The van der Waals surface area contributed by atoms with Crippen molar-refractivity contribution in [2.24, 2.45) is 5.73 Å². The van der Waals surface area contributed by atoms with Crippen molar-refractivity contribution in [3.8, 4) is 0 Å². The summed E-state index contributed by atoms with van der Waals surface area (Å²) in [5, 5.41) is 0. The second-order valence-electron chi connectivity index (χ2n) is 5.35. The quantitative estimate of drug-likeness (QED) is 0.815. The molecule has 0 bridgehead atoms. The Bertz CT molecular complexity index is 430. The summed E-state index contributed by atoms with van der Waals surface area (Å²) < 4.78 is 4.68. The van der Waals surface area contributed by atoms with E-state index in [2.05, 4.69) is 18.6 Å². The van der Waals surface area contributed by atoms with Crippen LogP contribution in [0, 0.1) is 0 Å². The van der Waals surface area contributed by atoms with Crippen molar-refractivity contribution < 1.29 is 9.53 Å². The molecule has 3 nitrogen and oxygen atoms in total. The first-order chi connectivity index (χ1) is 7.90. The Labute approximate surface area is 102 Å². The molecule has 1 saturated carbocycles. The molecule has 1 aromatic carbocycles. The van der Waals surface area contributed by atoms with Crippen LogP contribution in [0.1, 0.15) is 42.6 Å². The maximum Gasteiger partial charge on any atom is 0.337 e. The van der Waals surface area contributed by atoms with Gasteiger partial charge in [-0.05, 0) is 30.5 Å². The highest BCUT2D eigenvalue weighted by Gasteiger charge is 2.51. The molecular formula is C14H19NO2. The number of nitrogens with two attached hydrogens (primary N) is 1. The summed E-state index contributed by atoms with van der Waals surface area (Å²) in [6.07, 6.45) is 2.14. The fourth-order valence-corrected chi connectivity index (χ4v) is 2.19. The summed E-state index contributed by atoms with van der Waals surface area (Å²) in [5.41, 5.74) is 7.90. The molecule has 0 saturated heterocycles. The van der Waals surface area contributed by atoms with Gasteiger partial charge in [0.2, 0.25) is 0 Å². The molecular weight excluding hydrogens is 214 g/mol. The normalized spacial score (nSPS) is 17.6. The number of carbonyl (C=O) groups excluding carboxylic acids is 1. The Hall–Kier alpha value is -1.35. The van der Waals surface area contributed by atoms with Crippen LogP contribution in [0.25, 0.3) is 0 Å². The number of hydrogen-bond acceptors (Lipinski definition) is 3. The molecule has 0 amide bonds. The average molecular weight is 233 g/mol. The molecule has 2 N–H and O–H groups in total. The summed E-state index contributed by atoms with van der Waals surface area (Å²) in [4.78, 5) is 11.3. The number of rotatable bonds is 3. The van der Waals surface area contributed by atoms with Gasteiger partial charge in [-0.3, -0.25) is 0 Å². The van der Waals surface area contributed by atoms with Crippen molar-refractivity contribution in [3.63, 3.8) is 0 Å². The molecule has 0 atom stereocenters. The summed E-state index contributed by atoms with van der Waals surface area (Å²) in [5.74, 6) is -0.303. The molecule has 0 aromatic heterocycles. The molecule has 0 aliphatic heterocycles. The Balaban J connectivity index is 2.26. The van der Waals surface area contributed by atoms with Gasteiger partial charge in [0.15, 0.2) is 0 Å². The van der Waals surface area contributed by atoms with E-state index in [9.17, 15) is 4.79 Å². The third kappa shape index (κ3) is 1.95. The zero-order chi connectivity index (χ0) is 12.7. The lowest BCUT2D eigenvalue weighted by molar-refractivity contribution is 0.0600. The van der Waals surface area contributed by atoms with Crippen LogP contribution < -0.4 is 5.73 Å². The molecule has 92 valence electrons. The fraction of sp³-hybridized carbons (Fsp3) is 0.500. The van der Waals surface area contributed by atoms with E-state index in [-0.39, 0.29) is 16.9 Å². The van der Waals surface area contributed by atoms with Crippen molar-refractivity contribution in [1.82, 2.24) is 0 Å². The second kappa shape index (κ2) is 3.84. The maximum atomic E-state index is 11.3. The van der Waals surface area contributed by atoms with Gasteiger partial charge >= 0.3 is 5.97 Å². The molecule has 1 aliphatic carbocycles. The lowest BCUT2D eigenvalue weighted by atomic mass is 9.76. The zero-order valence-corrected chi connectivity index (χ0v) is 10.6. The fourth-order valence-electron chi connectivity index (χ4n) is 2.19. The summed E-state index contributed by atoms with van der Waals surface area (Å²) in [6.45, 7) is 4.32. The zero-order valence-electron chi connectivity index (χ0n) is 10.6. The van der Waals surface area contributed by atoms with Crippen molar-refractivity contribution >= 4 is 5.97 Å². The van der Waals surface area contributed by atoms with Crippen LogP contribution in [-0.2, 0) is 10.2 Å². The topological polar surface area (TPSA) is 52.3 Å². The Morgan fingerprint density at radius 1 is 1.29 bits per heavy atom. The van der Waals surface area contributed by atoms with Gasteiger partial charge < -0.3 is 10.5 Å². The Morgan fingerprint density at radius 2 is 1.82 bits per heavy atom. The van der Waals surface area contributed by atoms with Gasteiger partial charge in [-0.15, -0.1) is 0 Å². The van der Waals surface area contributed by atoms with E-state index in [1.807, 2.05) is 12.1 Å². The monoisotopic (exact) mass is 233 g/mol. The first kappa shape index (κ1) is 12.1. The smallest absolute Gasteiger partial charge is 0.337 e. The molecule has 2 rings (SSSR count). The van der Waals surface area contributed by atoms with Crippen LogP contribution in [0.3, 0.4) is 0 Å². The maximum absolute atomic E-state index is 11.3. The van der Waals surface area contributed by atoms with Crippen LogP contribution in [-0.4, -0.2) is 18.6 Å². The van der Waals surface area contributed by atoms with Gasteiger partial charge in [0.1, 0.15) is 0 Å². The van der Waals surface area contributed by atoms with E-state index in [1.165, 1.54) is 12.7 Å². The molecule has 0 radical (unpaired) electrons. The van der Waals surface area contributed by atoms with Crippen LogP contribution in [0.4, 0.5) is 0 Å². The van der Waals surface area contributed by atoms with Crippen molar-refractivity contribution in [1.29, 1.82) is 0 Å². The molecule has 3 heteroatoms. The minimum absolute atomic E-state index is 0.0539. The average Bonchev–Trinajstić information content (AvgIpc) is 3.08. The van der Waals surface area contributed by atoms with Crippen molar-refractivity contribution in [2.75, 3.05) is 7.11 Å². The highest BCUT2D eigenvalue weighted by Crippen LogP contribution is 2.48. The highest BCUT2D eigenvalue weighted by molar-refractivity contribution is 5.89. The molecule has 0 heterocycles. The van der Waals surface area contributed by atoms with Crippen LogP contribution >= 0.6 is 0 Å².